The number of nitrogens with zero attached hydrogens (tertiary/aromatic N) is 1. The van der Waals surface area contributed by atoms with Gasteiger partial charge in [-0.05, 0) is 6.07 Å². The van der Waals surface area contributed by atoms with Crippen molar-refractivity contribution in [3.8, 4) is 0 Å². The van der Waals surface area contributed by atoms with E-state index in [1.165, 1.54) is 12.1 Å². The molecule has 0 aromatic heterocycles. The van der Waals surface area contributed by atoms with E-state index in [0.717, 1.165) is 6.07 Å². The Morgan fingerprint density at radius 2 is 2.26 bits per heavy atom. The fourth-order valence-electron chi connectivity index (χ4n) is 1.74. The summed E-state index contributed by atoms with van der Waals surface area (Å²) in [5.74, 6) is -0.956. The lowest BCUT2D eigenvalue weighted by Crippen LogP contribution is -2.24. The van der Waals surface area contributed by atoms with Crippen molar-refractivity contribution in [2.45, 2.75) is 6.42 Å². The number of nitro groups is 1. The molecular formula is C11H10ClN3O4. The Balaban J connectivity index is 2.09. The Kier molecular flexibility index (Phi) is 3.66. The lowest BCUT2D eigenvalue weighted by atomic mass is 10.1. The minimum Gasteiger partial charge on any atom is -0.355 e. The Bertz CT molecular complexity index is 561. The fraction of sp³-hybridized carbons (Fsp3) is 0.273. The molecule has 1 saturated heterocycles. The molecule has 2 rings (SSSR count). The minimum absolute atomic E-state index is 0.0832. The second-order valence-corrected chi connectivity index (χ2v) is 4.52. The van der Waals surface area contributed by atoms with Gasteiger partial charge in [-0.1, -0.05) is 11.6 Å². The number of anilines is 1. The Hall–Kier alpha value is -2.15. The van der Waals surface area contributed by atoms with E-state index in [-0.39, 0.29) is 41.2 Å². The summed E-state index contributed by atoms with van der Waals surface area (Å²) in [5, 5.41) is 15.7. The summed E-state index contributed by atoms with van der Waals surface area (Å²) in [6.45, 7) is 0.287. The number of hydrogen-bond acceptors (Lipinski definition) is 4. The van der Waals surface area contributed by atoms with E-state index in [1.807, 2.05) is 0 Å². The molecule has 1 aliphatic rings. The summed E-state index contributed by atoms with van der Waals surface area (Å²) in [6.07, 6.45) is 0.135. The maximum atomic E-state index is 11.8. The van der Waals surface area contributed by atoms with Crippen molar-refractivity contribution in [1.82, 2.24) is 5.32 Å². The van der Waals surface area contributed by atoms with Crippen LogP contribution >= 0.6 is 11.6 Å². The molecule has 8 heteroatoms. The van der Waals surface area contributed by atoms with Crippen LogP contribution in [0.25, 0.3) is 0 Å². The van der Waals surface area contributed by atoms with Crippen molar-refractivity contribution in [1.29, 1.82) is 0 Å². The van der Waals surface area contributed by atoms with Crippen LogP contribution in [0.3, 0.4) is 0 Å². The monoisotopic (exact) mass is 283 g/mol. The molecule has 7 nitrogen and oxygen atoms in total. The third kappa shape index (κ3) is 3.00. The summed E-state index contributed by atoms with van der Waals surface area (Å²) in [4.78, 5) is 32.8. The standard InChI is InChI=1S/C11H10ClN3O4/c12-8-4-7(15(18)19)1-2-9(8)14-11(17)6-3-10(16)13-5-6/h1-2,4,6H,3,5H2,(H,13,16)(H,14,17). The summed E-state index contributed by atoms with van der Waals surface area (Å²) in [6, 6.07) is 3.78. The molecule has 0 saturated carbocycles. The van der Waals surface area contributed by atoms with Gasteiger partial charge in [-0.25, -0.2) is 0 Å². The molecule has 1 unspecified atom stereocenters. The predicted molar refractivity (Wildman–Crippen MR) is 67.9 cm³/mol. The molecular weight excluding hydrogens is 274 g/mol. The first-order chi connectivity index (χ1) is 8.97. The SMILES string of the molecule is O=C1CC(C(=O)Nc2ccc([N+](=O)[O-])cc2Cl)CN1. The van der Waals surface area contributed by atoms with Gasteiger partial charge in [0, 0.05) is 25.1 Å². The first kappa shape index (κ1) is 13.3. The van der Waals surface area contributed by atoms with E-state index in [9.17, 15) is 19.7 Å². The lowest BCUT2D eigenvalue weighted by Gasteiger charge is -2.10. The van der Waals surface area contributed by atoms with Crippen LogP contribution < -0.4 is 10.6 Å². The highest BCUT2D eigenvalue weighted by molar-refractivity contribution is 6.34. The van der Waals surface area contributed by atoms with E-state index in [2.05, 4.69) is 10.6 Å². The van der Waals surface area contributed by atoms with Gasteiger partial charge in [0.25, 0.3) is 5.69 Å². The van der Waals surface area contributed by atoms with E-state index in [4.69, 9.17) is 11.6 Å². The Labute approximate surface area is 113 Å². The van der Waals surface area contributed by atoms with Crippen molar-refractivity contribution in [2.24, 2.45) is 5.92 Å². The number of carbonyl (C=O) groups excluding carboxylic acids is 2. The molecule has 1 fully saturated rings. The van der Waals surface area contributed by atoms with Crippen molar-refractivity contribution in [2.75, 3.05) is 11.9 Å². The normalized spacial score (nSPS) is 17.9. The highest BCUT2D eigenvalue weighted by atomic mass is 35.5. The number of hydrogen-bond donors (Lipinski definition) is 2. The van der Waals surface area contributed by atoms with Crippen LogP contribution in [0.15, 0.2) is 18.2 Å². The van der Waals surface area contributed by atoms with Crippen molar-refractivity contribution in [3.05, 3.63) is 33.3 Å². The van der Waals surface area contributed by atoms with Gasteiger partial charge in [0.05, 0.1) is 21.6 Å². The lowest BCUT2D eigenvalue weighted by molar-refractivity contribution is -0.384. The summed E-state index contributed by atoms with van der Waals surface area (Å²) >= 11 is 5.85. The zero-order valence-corrected chi connectivity index (χ0v) is 10.4. The molecule has 1 heterocycles. The van der Waals surface area contributed by atoms with Gasteiger partial charge in [0.1, 0.15) is 0 Å². The highest BCUT2D eigenvalue weighted by Gasteiger charge is 2.28. The quantitative estimate of drug-likeness (QED) is 0.645. The Morgan fingerprint density at radius 3 is 2.79 bits per heavy atom. The summed E-state index contributed by atoms with van der Waals surface area (Å²) < 4.78 is 0. The third-order valence-corrected chi connectivity index (χ3v) is 3.08. The van der Waals surface area contributed by atoms with Crippen LogP contribution in [-0.2, 0) is 9.59 Å². The molecule has 0 aliphatic carbocycles. The van der Waals surface area contributed by atoms with Crippen LogP contribution in [0, 0.1) is 16.0 Å². The smallest absolute Gasteiger partial charge is 0.271 e. The average Bonchev–Trinajstić information content (AvgIpc) is 2.78. The topological polar surface area (TPSA) is 101 Å². The fourth-order valence-corrected chi connectivity index (χ4v) is 1.97. The molecule has 19 heavy (non-hydrogen) atoms. The maximum absolute atomic E-state index is 11.8. The molecule has 2 N–H and O–H groups in total. The number of nitrogens with one attached hydrogen (secondary N) is 2. The second kappa shape index (κ2) is 5.23. The molecule has 0 bridgehead atoms. The molecule has 1 aromatic rings. The number of nitro benzene ring substituents is 1. The minimum atomic E-state index is -0.572. The van der Waals surface area contributed by atoms with Crippen LogP contribution in [-0.4, -0.2) is 23.3 Å². The highest BCUT2D eigenvalue weighted by Crippen LogP contribution is 2.27. The zero-order valence-electron chi connectivity index (χ0n) is 9.68. The van der Waals surface area contributed by atoms with E-state index < -0.39 is 10.8 Å². The molecule has 100 valence electrons. The van der Waals surface area contributed by atoms with Crippen LogP contribution in [0.2, 0.25) is 5.02 Å². The summed E-state index contributed by atoms with van der Waals surface area (Å²) in [5.41, 5.74) is 0.136. The predicted octanol–water partition coefficient (Wildman–Crippen LogP) is 1.32. The van der Waals surface area contributed by atoms with E-state index in [1.54, 1.807) is 0 Å². The van der Waals surface area contributed by atoms with Gasteiger partial charge >= 0.3 is 0 Å². The number of rotatable bonds is 3. The van der Waals surface area contributed by atoms with Gasteiger partial charge in [-0.2, -0.15) is 0 Å². The van der Waals surface area contributed by atoms with Gasteiger partial charge < -0.3 is 10.6 Å². The maximum Gasteiger partial charge on any atom is 0.271 e. The largest absolute Gasteiger partial charge is 0.355 e. The average molecular weight is 284 g/mol. The zero-order chi connectivity index (χ0) is 14.0. The van der Waals surface area contributed by atoms with E-state index in [0.29, 0.717) is 0 Å². The van der Waals surface area contributed by atoms with Crippen molar-refractivity contribution < 1.29 is 14.5 Å². The number of amides is 2. The van der Waals surface area contributed by atoms with Gasteiger partial charge in [0.15, 0.2) is 0 Å². The third-order valence-electron chi connectivity index (χ3n) is 2.77. The number of carbonyl (C=O) groups is 2. The van der Waals surface area contributed by atoms with Crippen LogP contribution in [0.5, 0.6) is 0 Å². The molecule has 0 spiro atoms. The van der Waals surface area contributed by atoms with Crippen molar-refractivity contribution in [3.63, 3.8) is 0 Å². The van der Waals surface area contributed by atoms with Crippen LogP contribution in [0.4, 0.5) is 11.4 Å². The second-order valence-electron chi connectivity index (χ2n) is 4.12. The number of halogens is 1. The number of non-ortho nitro benzene ring substituents is 1. The van der Waals surface area contributed by atoms with Crippen molar-refractivity contribution >= 4 is 34.8 Å². The molecule has 1 atom stereocenters. The number of benzene rings is 1. The molecule has 1 aliphatic heterocycles. The van der Waals surface area contributed by atoms with Gasteiger partial charge in [-0.3, -0.25) is 19.7 Å². The Morgan fingerprint density at radius 1 is 1.53 bits per heavy atom. The molecule has 1 aromatic carbocycles. The molecule has 2 amide bonds. The first-order valence-electron chi connectivity index (χ1n) is 5.49. The summed E-state index contributed by atoms with van der Waals surface area (Å²) in [7, 11) is 0. The molecule has 0 radical (unpaired) electrons. The van der Waals surface area contributed by atoms with E-state index >= 15 is 0 Å². The van der Waals surface area contributed by atoms with Gasteiger partial charge in [0.2, 0.25) is 11.8 Å². The first-order valence-corrected chi connectivity index (χ1v) is 5.86. The van der Waals surface area contributed by atoms with Crippen LogP contribution in [0.1, 0.15) is 6.42 Å². The van der Waals surface area contributed by atoms with Gasteiger partial charge in [-0.15, -0.1) is 0 Å².